The Morgan fingerprint density at radius 2 is 2.27 bits per heavy atom. The van der Waals surface area contributed by atoms with Crippen molar-refractivity contribution in [3.8, 4) is 0 Å². The van der Waals surface area contributed by atoms with Crippen LogP contribution in [0.25, 0.3) is 0 Å². The lowest BCUT2D eigenvalue weighted by Crippen LogP contribution is -2.00. The van der Waals surface area contributed by atoms with Crippen LogP contribution in [0.4, 0.5) is 5.82 Å². The van der Waals surface area contributed by atoms with Crippen LogP contribution in [0.5, 0.6) is 0 Å². The maximum Gasteiger partial charge on any atom is 0.145 e. The molecule has 4 nitrogen and oxygen atoms in total. The van der Waals surface area contributed by atoms with Crippen LogP contribution in [0, 0.1) is 6.92 Å². The van der Waals surface area contributed by atoms with Crippen molar-refractivity contribution in [1.29, 1.82) is 0 Å². The van der Waals surface area contributed by atoms with Gasteiger partial charge in [0.25, 0.3) is 0 Å². The zero-order valence-corrected chi connectivity index (χ0v) is 7.09. The van der Waals surface area contributed by atoms with Gasteiger partial charge in [0.15, 0.2) is 0 Å². The molecular formula is C7H13N3O. The fourth-order valence-corrected chi connectivity index (χ4v) is 0.919. The summed E-state index contributed by atoms with van der Waals surface area (Å²) in [5, 5.41) is 0. The van der Waals surface area contributed by atoms with Crippen molar-refractivity contribution in [2.24, 2.45) is 7.05 Å². The number of methoxy groups -OCH3 is 1. The third kappa shape index (κ3) is 1.35. The summed E-state index contributed by atoms with van der Waals surface area (Å²) in [4.78, 5) is 4.12. The highest BCUT2D eigenvalue weighted by molar-refractivity contribution is 5.35. The van der Waals surface area contributed by atoms with E-state index in [9.17, 15) is 0 Å². The van der Waals surface area contributed by atoms with Crippen molar-refractivity contribution in [2.75, 3.05) is 12.8 Å². The third-order valence-corrected chi connectivity index (χ3v) is 1.78. The van der Waals surface area contributed by atoms with E-state index in [2.05, 4.69) is 4.98 Å². The average Bonchev–Trinajstić information content (AvgIpc) is 2.19. The van der Waals surface area contributed by atoms with Gasteiger partial charge in [-0.15, -0.1) is 0 Å². The molecule has 1 rings (SSSR count). The van der Waals surface area contributed by atoms with E-state index in [1.54, 1.807) is 7.11 Å². The van der Waals surface area contributed by atoms with E-state index < -0.39 is 0 Å². The number of ether oxygens (including phenoxy) is 1. The number of anilines is 1. The standard InChI is InChI=1S/C7H13N3O/c1-5-7(8)9-6(4-11-3)10(5)2/h4,8H2,1-3H3. The number of rotatable bonds is 2. The molecule has 0 radical (unpaired) electrons. The third-order valence-electron chi connectivity index (χ3n) is 1.78. The molecule has 0 saturated heterocycles. The van der Waals surface area contributed by atoms with Gasteiger partial charge in [0.1, 0.15) is 18.2 Å². The SMILES string of the molecule is COCc1nc(N)c(C)n1C. The zero-order valence-electron chi connectivity index (χ0n) is 7.09. The Bertz CT molecular complexity index is 254. The normalized spacial score (nSPS) is 10.5. The quantitative estimate of drug-likeness (QED) is 0.675. The van der Waals surface area contributed by atoms with Crippen LogP contribution < -0.4 is 5.73 Å². The number of hydrogen-bond donors (Lipinski definition) is 1. The predicted octanol–water partition coefficient (Wildman–Crippen LogP) is 0.457. The molecule has 1 aromatic heterocycles. The van der Waals surface area contributed by atoms with Gasteiger partial charge in [-0.1, -0.05) is 0 Å². The molecule has 0 amide bonds. The summed E-state index contributed by atoms with van der Waals surface area (Å²) in [5.41, 5.74) is 6.57. The topological polar surface area (TPSA) is 53.1 Å². The number of aromatic nitrogens is 2. The Hall–Kier alpha value is -1.03. The van der Waals surface area contributed by atoms with E-state index >= 15 is 0 Å². The van der Waals surface area contributed by atoms with E-state index in [0.29, 0.717) is 12.4 Å². The summed E-state index contributed by atoms with van der Waals surface area (Å²) in [5.74, 6) is 1.45. The Labute approximate surface area is 66.0 Å². The van der Waals surface area contributed by atoms with Gasteiger partial charge in [0, 0.05) is 14.2 Å². The van der Waals surface area contributed by atoms with E-state index in [0.717, 1.165) is 11.5 Å². The van der Waals surface area contributed by atoms with Crippen molar-refractivity contribution < 1.29 is 4.74 Å². The van der Waals surface area contributed by atoms with Crippen LogP contribution in [-0.4, -0.2) is 16.7 Å². The molecule has 0 atom stereocenters. The summed E-state index contributed by atoms with van der Waals surface area (Å²) in [6.07, 6.45) is 0. The zero-order chi connectivity index (χ0) is 8.43. The molecule has 0 aliphatic heterocycles. The minimum atomic E-state index is 0.508. The summed E-state index contributed by atoms with van der Waals surface area (Å²) in [6.45, 7) is 2.44. The first-order chi connectivity index (χ1) is 5.16. The maximum atomic E-state index is 5.58. The maximum absolute atomic E-state index is 5.58. The molecule has 11 heavy (non-hydrogen) atoms. The molecule has 0 unspecified atom stereocenters. The highest BCUT2D eigenvalue weighted by Crippen LogP contribution is 2.10. The highest BCUT2D eigenvalue weighted by Gasteiger charge is 2.06. The molecule has 1 heterocycles. The molecule has 2 N–H and O–H groups in total. The lowest BCUT2D eigenvalue weighted by molar-refractivity contribution is 0.175. The first-order valence-corrected chi connectivity index (χ1v) is 3.43. The summed E-state index contributed by atoms with van der Waals surface area (Å²) in [7, 11) is 3.56. The summed E-state index contributed by atoms with van der Waals surface area (Å²) in [6, 6.07) is 0. The first-order valence-electron chi connectivity index (χ1n) is 3.43. The number of imidazole rings is 1. The fraction of sp³-hybridized carbons (Fsp3) is 0.571. The van der Waals surface area contributed by atoms with Crippen molar-refractivity contribution in [3.63, 3.8) is 0 Å². The Balaban J connectivity index is 2.98. The second-order valence-corrected chi connectivity index (χ2v) is 2.49. The Morgan fingerprint density at radius 1 is 1.64 bits per heavy atom. The number of nitrogen functional groups attached to an aromatic ring is 1. The molecule has 1 aromatic rings. The van der Waals surface area contributed by atoms with Crippen LogP contribution >= 0.6 is 0 Å². The molecule has 0 spiro atoms. The molecule has 4 heteroatoms. The van der Waals surface area contributed by atoms with Crippen LogP contribution in [0.15, 0.2) is 0 Å². The summed E-state index contributed by atoms with van der Waals surface area (Å²) >= 11 is 0. The van der Waals surface area contributed by atoms with Gasteiger partial charge in [0.05, 0.1) is 5.69 Å². The smallest absolute Gasteiger partial charge is 0.145 e. The second kappa shape index (κ2) is 2.92. The predicted molar refractivity (Wildman–Crippen MR) is 43.1 cm³/mol. The van der Waals surface area contributed by atoms with E-state index in [-0.39, 0.29) is 0 Å². The molecule has 0 aliphatic carbocycles. The minimum absolute atomic E-state index is 0.508. The van der Waals surface area contributed by atoms with Crippen molar-refractivity contribution >= 4 is 5.82 Å². The largest absolute Gasteiger partial charge is 0.382 e. The molecule has 0 bridgehead atoms. The van der Waals surface area contributed by atoms with Crippen LogP contribution in [0.1, 0.15) is 11.5 Å². The first kappa shape index (κ1) is 8.07. The van der Waals surface area contributed by atoms with E-state index in [1.165, 1.54) is 0 Å². The second-order valence-electron chi connectivity index (χ2n) is 2.49. The van der Waals surface area contributed by atoms with Crippen molar-refractivity contribution in [3.05, 3.63) is 11.5 Å². The van der Waals surface area contributed by atoms with Gasteiger partial charge in [-0.05, 0) is 6.92 Å². The van der Waals surface area contributed by atoms with Crippen molar-refractivity contribution in [1.82, 2.24) is 9.55 Å². The molecule has 0 aliphatic rings. The average molecular weight is 155 g/mol. The summed E-state index contributed by atoms with van der Waals surface area (Å²) < 4.78 is 6.87. The Kier molecular flexibility index (Phi) is 2.14. The number of hydrogen-bond acceptors (Lipinski definition) is 3. The Morgan fingerprint density at radius 3 is 2.64 bits per heavy atom. The molecular weight excluding hydrogens is 142 g/mol. The van der Waals surface area contributed by atoms with E-state index in [4.69, 9.17) is 10.5 Å². The lowest BCUT2D eigenvalue weighted by Gasteiger charge is -1.99. The van der Waals surface area contributed by atoms with Gasteiger partial charge in [0.2, 0.25) is 0 Å². The van der Waals surface area contributed by atoms with Crippen LogP contribution in [-0.2, 0) is 18.4 Å². The van der Waals surface area contributed by atoms with Gasteiger partial charge in [-0.25, -0.2) is 4.98 Å². The lowest BCUT2D eigenvalue weighted by atomic mass is 10.5. The number of nitrogens with two attached hydrogens (primary N) is 1. The monoisotopic (exact) mass is 155 g/mol. The van der Waals surface area contributed by atoms with Gasteiger partial charge in [-0.3, -0.25) is 0 Å². The molecule has 0 saturated carbocycles. The van der Waals surface area contributed by atoms with Gasteiger partial charge >= 0.3 is 0 Å². The van der Waals surface area contributed by atoms with Crippen LogP contribution in [0.3, 0.4) is 0 Å². The van der Waals surface area contributed by atoms with Crippen LogP contribution in [0.2, 0.25) is 0 Å². The van der Waals surface area contributed by atoms with Crippen molar-refractivity contribution in [2.45, 2.75) is 13.5 Å². The van der Waals surface area contributed by atoms with E-state index in [1.807, 2.05) is 18.5 Å². The molecule has 0 aromatic carbocycles. The fourth-order valence-electron chi connectivity index (χ4n) is 0.919. The molecule has 0 fully saturated rings. The van der Waals surface area contributed by atoms with Gasteiger partial charge in [-0.2, -0.15) is 0 Å². The van der Waals surface area contributed by atoms with Gasteiger partial charge < -0.3 is 15.0 Å². The molecule has 62 valence electrons. The number of nitrogens with zero attached hydrogens (tertiary/aromatic N) is 2. The minimum Gasteiger partial charge on any atom is -0.382 e. The highest BCUT2D eigenvalue weighted by atomic mass is 16.5.